The van der Waals surface area contributed by atoms with Gasteiger partial charge in [-0.05, 0) is 81.5 Å². The Balaban J connectivity index is 1.58. The molecule has 1 N–H and O–H groups in total. The number of carbonyl (C=O) groups excluding carboxylic acids is 2. The average Bonchev–Trinajstić information content (AvgIpc) is 3.14. The number of aliphatic hydroxyl groups is 1. The number of hydrogen-bond donors (Lipinski definition) is 1. The first-order chi connectivity index (χ1) is 17.2. The Kier molecular flexibility index (Phi) is 7.75. The maximum atomic E-state index is 14.5. The minimum atomic E-state index is -1.29. The summed E-state index contributed by atoms with van der Waals surface area (Å²) in [6, 6.07) is 0. The van der Waals surface area contributed by atoms with Crippen LogP contribution < -0.4 is 0 Å². The second-order valence-electron chi connectivity index (χ2n) is 13.4. The monoisotopic (exact) mass is 518 g/mol. The molecule has 0 aromatic heterocycles. The van der Waals surface area contributed by atoms with Crippen LogP contribution in [0.15, 0.2) is 23.3 Å². The predicted molar refractivity (Wildman–Crippen MR) is 141 cm³/mol. The van der Waals surface area contributed by atoms with Crippen LogP contribution in [0, 0.1) is 34.5 Å². The summed E-state index contributed by atoms with van der Waals surface area (Å²) in [7, 11) is 0. The molecule has 0 heterocycles. The van der Waals surface area contributed by atoms with E-state index in [4.69, 9.17) is 9.47 Å². The smallest absolute Gasteiger partial charge is 0.302 e. The summed E-state index contributed by atoms with van der Waals surface area (Å²) in [5.74, 6) is 1.09. The molecule has 0 radical (unpaired) electrons. The largest absolute Gasteiger partial charge is 0.462 e. The van der Waals surface area contributed by atoms with Crippen LogP contribution in [-0.4, -0.2) is 41.0 Å². The van der Waals surface area contributed by atoms with Gasteiger partial charge >= 0.3 is 11.9 Å². The highest BCUT2D eigenvalue weighted by atomic mass is 19.1. The molecule has 0 aromatic carbocycles. The molecule has 4 aliphatic carbocycles. The fraction of sp³-hybridized carbons (Fsp3) is 0.806. The maximum Gasteiger partial charge on any atom is 0.302 e. The lowest BCUT2D eigenvalue weighted by Crippen LogP contribution is -2.54. The van der Waals surface area contributed by atoms with Crippen molar-refractivity contribution in [1.82, 2.24) is 0 Å². The van der Waals surface area contributed by atoms with Gasteiger partial charge in [0, 0.05) is 32.1 Å². The first kappa shape index (κ1) is 28.3. The molecule has 5 nitrogen and oxygen atoms in total. The van der Waals surface area contributed by atoms with E-state index < -0.39 is 11.8 Å². The molecule has 3 saturated carbocycles. The molecule has 208 valence electrons. The molecule has 0 bridgehead atoms. The van der Waals surface area contributed by atoms with E-state index in [9.17, 15) is 19.1 Å². The van der Waals surface area contributed by atoms with Gasteiger partial charge in [0.15, 0.2) is 0 Å². The summed E-state index contributed by atoms with van der Waals surface area (Å²) in [5.41, 5.74) is 1.27. The summed E-state index contributed by atoms with van der Waals surface area (Å²) in [6.45, 7) is 13.0. The summed E-state index contributed by atoms with van der Waals surface area (Å²) >= 11 is 0. The Bertz CT molecular complexity index is 963. The molecule has 0 aliphatic heterocycles. The van der Waals surface area contributed by atoms with Crippen molar-refractivity contribution in [1.29, 1.82) is 0 Å². The number of fused-ring (bicyclic) bond motifs is 5. The lowest BCUT2D eigenvalue weighted by Gasteiger charge is -2.57. The van der Waals surface area contributed by atoms with E-state index in [2.05, 4.69) is 32.9 Å². The first-order valence-corrected chi connectivity index (χ1v) is 14.3. The molecular weight excluding hydrogens is 471 g/mol. The van der Waals surface area contributed by atoms with Gasteiger partial charge in [0.05, 0.1) is 5.60 Å². The number of esters is 2. The van der Waals surface area contributed by atoms with Crippen molar-refractivity contribution in [2.75, 3.05) is 0 Å². The third-order valence-corrected chi connectivity index (χ3v) is 10.6. The summed E-state index contributed by atoms with van der Waals surface area (Å²) in [6.07, 6.45) is 9.53. The number of rotatable bonds is 7. The highest BCUT2D eigenvalue weighted by Crippen LogP contribution is 2.66. The molecule has 0 spiro atoms. The van der Waals surface area contributed by atoms with Crippen LogP contribution in [0.1, 0.15) is 99.8 Å². The fourth-order valence-corrected chi connectivity index (χ4v) is 8.64. The van der Waals surface area contributed by atoms with Crippen molar-refractivity contribution in [2.24, 2.45) is 34.5 Å². The zero-order chi connectivity index (χ0) is 27.3. The van der Waals surface area contributed by atoms with Crippen LogP contribution in [0.25, 0.3) is 0 Å². The van der Waals surface area contributed by atoms with Gasteiger partial charge in [-0.25, -0.2) is 4.39 Å². The van der Waals surface area contributed by atoms with E-state index in [-0.39, 0.29) is 35.0 Å². The lowest BCUT2D eigenvalue weighted by molar-refractivity contribution is -0.165. The number of allylic oxidation sites excluding steroid dienone is 3. The minimum Gasteiger partial charge on any atom is -0.462 e. The Labute approximate surface area is 222 Å². The maximum absolute atomic E-state index is 14.5. The quantitative estimate of drug-likeness (QED) is 0.390. The van der Waals surface area contributed by atoms with E-state index in [1.165, 1.54) is 25.0 Å². The van der Waals surface area contributed by atoms with E-state index in [0.717, 1.165) is 32.1 Å². The normalized spacial score (nSPS) is 38.8. The van der Waals surface area contributed by atoms with Crippen LogP contribution in [-0.2, 0) is 19.1 Å². The molecule has 4 rings (SSSR count). The zero-order valence-electron chi connectivity index (χ0n) is 23.8. The van der Waals surface area contributed by atoms with Crippen LogP contribution in [0.4, 0.5) is 4.39 Å². The second-order valence-corrected chi connectivity index (χ2v) is 13.4. The molecule has 3 fully saturated rings. The van der Waals surface area contributed by atoms with Gasteiger partial charge in [-0.1, -0.05) is 44.1 Å². The molecular formula is C31H47FO5. The van der Waals surface area contributed by atoms with E-state index >= 15 is 0 Å². The molecule has 0 unspecified atom stereocenters. The highest BCUT2D eigenvalue weighted by molar-refractivity contribution is 5.67. The molecule has 4 aliphatic rings. The molecule has 37 heavy (non-hydrogen) atoms. The lowest BCUT2D eigenvalue weighted by atomic mass is 9.49. The summed E-state index contributed by atoms with van der Waals surface area (Å²) in [5, 5.41) is 10.0. The molecule has 0 saturated heterocycles. The number of alkyl halides is 1. The van der Waals surface area contributed by atoms with Gasteiger partial charge in [0.1, 0.15) is 18.4 Å². The number of ether oxygens (including phenoxy) is 2. The zero-order valence-corrected chi connectivity index (χ0v) is 23.8. The summed E-state index contributed by atoms with van der Waals surface area (Å²) < 4.78 is 26.0. The SMILES string of the molecule is CC(=O)O[C@@H]1CC2=CC=C3[C@@H]4CC[C@H]([C@H](C)CC[C@H](F)C(C)(C)O)[C@@]4(C)CC[C@@H]3[C@@]2(C)[C@@H](OC(C)=O)C1. The molecule has 9 atom stereocenters. The van der Waals surface area contributed by atoms with Crippen molar-refractivity contribution in [3.8, 4) is 0 Å². The Morgan fingerprint density at radius 3 is 2.38 bits per heavy atom. The highest BCUT2D eigenvalue weighted by Gasteiger charge is 2.60. The van der Waals surface area contributed by atoms with Gasteiger partial charge in [0.2, 0.25) is 0 Å². The van der Waals surface area contributed by atoms with Gasteiger partial charge in [0.25, 0.3) is 0 Å². The fourth-order valence-electron chi connectivity index (χ4n) is 8.64. The van der Waals surface area contributed by atoms with Crippen LogP contribution in [0.3, 0.4) is 0 Å². The molecule has 6 heteroatoms. The Morgan fingerprint density at radius 1 is 1.08 bits per heavy atom. The van der Waals surface area contributed by atoms with E-state index in [1.54, 1.807) is 13.8 Å². The minimum absolute atomic E-state index is 0.163. The Hall–Kier alpha value is -1.69. The van der Waals surface area contributed by atoms with Crippen molar-refractivity contribution in [3.63, 3.8) is 0 Å². The average molecular weight is 519 g/mol. The third-order valence-electron chi connectivity index (χ3n) is 10.6. The third kappa shape index (κ3) is 5.16. The van der Waals surface area contributed by atoms with Crippen molar-refractivity contribution in [3.05, 3.63) is 23.3 Å². The van der Waals surface area contributed by atoms with Gasteiger partial charge in [-0.3, -0.25) is 9.59 Å². The van der Waals surface area contributed by atoms with Crippen LogP contribution in [0.2, 0.25) is 0 Å². The van der Waals surface area contributed by atoms with Crippen molar-refractivity contribution >= 4 is 11.9 Å². The molecule has 0 amide bonds. The molecule has 0 aromatic rings. The van der Waals surface area contributed by atoms with Gasteiger partial charge in [-0.15, -0.1) is 0 Å². The number of halogens is 1. The van der Waals surface area contributed by atoms with E-state index in [1.807, 2.05) is 0 Å². The van der Waals surface area contributed by atoms with Crippen molar-refractivity contribution in [2.45, 2.75) is 124 Å². The van der Waals surface area contributed by atoms with Crippen molar-refractivity contribution < 1.29 is 28.6 Å². The number of carbonyl (C=O) groups is 2. The van der Waals surface area contributed by atoms with Gasteiger partial charge < -0.3 is 14.6 Å². The standard InChI is InChI=1S/C31H47FO5/c1-18(8-13-27(32)29(4,5)35)24-11-12-25-23-10-9-21-16-22(36-19(2)33)17-28(37-20(3)34)31(21,7)26(23)14-15-30(24,25)6/h9-10,18,22,24-28,35H,8,11-17H2,1-7H3/t18-,22-,24-,25+,26+,27+,28+,30-,31+/m1/s1. The summed E-state index contributed by atoms with van der Waals surface area (Å²) in [4.78, 5) is 23.8. The predicted octanol–water partition coefficient (Wildman–Crippen LogP) is 6.48. The van der Waals surface area contributed by atoms with Crippen LogP contribution in [0.5, 0.6) is 0 Å². The van der Waals surface area contributed by atoms with Crippen LogP contribution >= 0.6 is 0 Å². The van der Waals surface area contributed by atoms with E-state index in [0.29, 0.717) is 42.9 Å². The van der Waals surface area contributed by atoms with Gasteiger partial charge in [-0.2, -0.15) is 0 Å². The first-order valence-electron chi connectivity index (χ1n) is 14.3. The Morgan fingerprint density at radius 2 is 1.76 bits per heavy atom. The number of hydrogen-bond acceptors (Lipinski definition) is 5. The topological polar surface area (TPSA) is 72.8 Å². The second kappa shape index (κ2) is 10.1.